The van der Waals surface area contributed by atoms with Gasteiger partial charge in [0.2, 0.25) is 5.91 Å². The number of amides is 1. The predicted molar refractivity (Wildman–Crippen MR) is 113 cm³/mol. The number of carbonyl (C=O) groups is 1. The summed E-state index contributed by atoms with van der Waals surface area (Å²) in [6, 6.07) is 18.2. The van der Waals surface area contributed by atoms with Gasteiger partial charge in [0.05, 0.1) is 13.2 Å². The van der Waals surface area contributed by atoms with Crippen molar-refractivity contribution < 1.29 is 14.3 Å². The third-order valence-electron chi connectivity index (χ3n) is 5.58. The summed E-state index contributed by atoms with van der Waals surface area (Å²) in [5.74, 6) is 0.819. The number of hydrogen-bond donors (Lipinski definition) is 1. The zero-order valence-electron chi connectivity index (χ0n) is 16.8. The summed E-state index contributed by atoms with van der Waals surface area (Å²) >= 11 is 0. The van der Waals surface area contributed by atoms with Crippen molar-refractivity contribution in [3.63, 3.8) is 0 Å². The number of ether oxygens (including phenoxy) is 2. The van der Waals surface area contributed by atoms with E-state index in [1.807, 2.05) is 54.6 Å². The Kier molecular flexibility index (Phi) is 6.77. The Morgan fingerprint density at radius 1 is 1.03 bits per heavy atom. The second-order valence-electron chi connectivity index (χ2n) is 7.68. The van der Waals surface area contributed by atoms with E-state index in [4.69, 9.17) is 9.47 Å². The first-order chi connectivity index (χ1) is 14.3. The summed E-state index contributed by atoms with van der Waals surface area (Å²) in [6.45, 7) is 6.57. The molecule has 6 heteroatoms. The second kappa shape index (κ2) is 9.87. The minimum Gasteiger partial charge on any atom is -0.489 e. The first kappa shape index (κ1) is 19.9. The zero-order chi connectivity index (χ0) is 19.9. The van der Waals surface area contributed by atoms with Gasteiger partial charge in [-0.2, -0.15) is 0 Å². The molecule has 0 aliphatic carbocycles. The van der Waals surface area contributed by atoms with Crippen molar-refractivity contribution in [3.8, 4) is 5.75 Å². The van der Waals surface area contributed by atoms with Crippen LogP contribution in [-0.4, -0.2) is 67.7 Å². The highest BCUT2D eigenvalue weighted by molar-refractivity contribution is 5.92. The van der Waals surface area contributed by atoms with Gasteiger partial charge in [0, 0.05) is 44.5 Å². The number of carbonyl (C=O) groups excluding carboxylic acids is 1. The summed E-state index contributed by atoms with van der Waals surface area (Å²) in [5.41, 5.74) is 1.93. The molecule has 1 N–H and O–H groups in total. The normalized spacial score (nSPS) is 20.5. The lowest BCUT2D eigenvalue weighted by Crippen LogP contribution is -2.52. The monoisotopic (exact) mass is 395 g/mol. The first-order valence-corrected chi connectivity index (χ1v) is 10.4. The van der Waals surface area contributed by atoms with Gasteiger partial charge in [-0.15, -0.1) is 0 Å². The van der Waals surface area contributed by atoms with Crippen LogP contribution in [0.25, 0.3) is 0 Å². The molecule has 1 atom stereocenters. The number of benzene rings is 2. The van der Waals surface area contributed by atoms with Crippen molar-refractivity contribution in [2.24, 2.45) is 0 Å². The van der Waals surface area contributed by atoms with E-state index in [0.717, 1.165) is 62.8 Å². The summed E-state index contributed by atoms with van der Waals surface area (Å²) in [5, 5.41) is 2.99. The molecule has 2 aliphatic heterocycles. The van der Waals surface area contributed by atoms with E-state index in [9.17, 15) is 4.79 Å². The maximum atomic E-state index is 12.4. The van der Waals surface area contributed by atoms with Gasteiger partial charge in [-0.25, -0.2) is 0 Å². The molecule has 2 aromatic carbocycles. The number of anilines is 1. The van der Waals surface area contributed by atoms with Crippen molar-refractivity contribution in [2.75, 3.05) is 51.3 Å². The quantitative estimate of drug-likeness (QED) is 0.781. The van der Waals surface area contributed by atoms with Gasteiger partial charge in [-0.3, -0.25) is 14.6 Å². The second-order valence-corrected chi connectivity index (χ2v) is 7.68. The number of rotatable bonds is 7. The van der Waals surface area contributed by atoms with Crippen molar-refractivity contribution in [1.29, 1.82) is 0 Å². The predicted octanol–water partition coefficient (Wildman–Crippen LogP) is 2.61. The lowest BCUT2D eigenvalue weighted by atomic mass is 10.2. The van der Waals surface area contributed by atoms with E-state index in [0.29, 0.717) is 19.2 Å². The maximum Gasteiger partial charge on any atom is 0.238 e. The highest BCUT2D eigenvalue weighted by Crippen LogP contribution is 2.18. The van der Waals surface area contributed by atoms with Gasteiger partial charge in [-0.05, 0) is 36.2 Å². The van der Waals surface area contributed by atoms with Crippen LogP contribution in [0.4, 0.5) is 5.69 Å². The molecule has 2 heterocycles. The zero-order valence-corrected chi connectivity index (χ0v) is 16.8. The van der Waals surface area contributed by atoms with Gasteiger partial charge < -0.3 is 14.8 Å². The van der Waals surface area contributed by atoms with Crippen LogP contribution < -0.4 is 10.1 Å². The Hall–Kier alpha value is -2.41. The van der Waals surface area contributed by atoms with E-state index in [1.54, 1.807) is 0 Å². The molecule has 6 nitrogen and oxygen atoms in total. The van der Waals surface area contributed by atoms with Crippen molar-refractivity contribution in [3.05, 3.63) is 60.2 Å². The van der Waals surface area contributed by atoms with Crippen LogP contribution in [0.2, 0.25) is 0 Å². The van der Waals surface area contributed by atoms with Crippen LogP contribution >= 0.6 is 0 Å². The van der Waals surface area contributed by atoms with E-state index < -0.39 is 0 Å². The van der Waals surface area contributed by atoms with E-state index in [2.05, 4.69) is 15.1 Å². The lowest BCUT2D eigenvalue weighted by molar-refractivity contribution is -0.117. The lowest BCUT2D eigenvalue weighted by Gasteiger charge is -2.37. The van der Waals surface area contributed by atoms with Gasteiger partial charge in [-0.1, -0.05) is 30.3 Å². The third-order valence-corrected chi connectivity index (χ3v) is 5.58. The standard InChI is InChI=1S/C23H29N3O3/c27-23(16-25-11-13-26(14-12-25)21-10-15-28-18-21)24-20-6-8-22(9-7-20)29-17-19-4-2-1-3-5-19/h1-9,21H,10-18H2,(H,24,27)/t21-/m0/s1. The Morgan fingerprint density at radius 3 is 2.48 bits per heavy atom. The molecule has 29 heavy (non-hydrogen) atoms. The molecule has 0 unspecified atom stereocenters. The number of piperazine rings is 1. The van der Waals surface area contributed by atoms with Crippen LogP contribution in [0.3, 0.4) is 0 Å². The molecule has 1 amide bonds. The number of nitrogens with one attached hydrogen (secondary N) is 1. The first-order valence-electron chi connectivity index (χ1n) is 10.4. The SMILES string of the molecule is O=C(CN1CCN([C@H]2CCOC2)CC1)Nc1ccc(OCc2ccccc2)cc1. The molecule has 0 radical (unpaired) electrons. The summed E-state index contributed by atoms with van der Waals surface area (Å²) < 4.78 is 11.3. The molecule has 2 aliphatic rings. The maximum absolute atomic E-state index is 12.4. The number of hydrogen-bond acceptors (Lipinski definition) is 5. The fourth-order valence-corrected chi connectivity index (χ4v) is 3.88. The summed E-state index contributed by atoms with van der Waals surface area (Å²) in [7, 11) is 0. The third kappa shape index (κ3) is 5.79. The Bertz CT molecular complexity index is 768. The van der Waals surface area contributed by atoms with E-state index in [-0.39, 0.29) is 5.91 Å². The Labute approximate surface area is 172 Å². The van der Waals surface area contributed by atoms with Gasteiger partial charge in [0.25, 0.3) is 0 Å². The molecule has 4 rings (SSSR count). The Morgan fingerprint density at radius 2 is 1.79 bits per heavy atom. The van der Waals surface area contributed by atoms with Gasteiger partial charge >= 0.3 is 0 Å². The minimum atomic E-state index is 0.0283. The largest absolute Gasteiger partial charge is 0.489 e. The molecule has 2 fully saturated rings. The van der Waals surface area contributed by atoms with Crippen LogP contribution in [0.1, 0.15) is 12.0 Å². The highest BCUT2D eigenvalue weighted by atomic mass is 16.5. The van der Waals surface area contributed by atoms with E-state index in [1.165, 1.54) is 0 Å². The highest BCUT2D eigenvalue weighted by Gasteiger charge is 2.27. The van der Waals surface area contributed by atoms with Gasteiger partial charge in [0.15, 0.2) is 0 Å². The van der Waals surface area contributed by atoms with Gasteiger partial charge in [0.1, 0.15) is 12.4 Å². The van der Waals surface area contributed by atoms with Crippen LogP contribution in [0.15, 0.2) is 54.6 Å². The van der Waals surface area contributed by atoms with Crippen molar-refractivity contribution in [2.45, 2.75) is 19.1 Å². The molecule has 0 saturated carbocycles. The molecular formula is C23H29N3O3. The fraction of sp³-hybridized carbons (Fsp3) is 0.435. The topological polar surface area (TPSA) is 54.0 Å². The molecule has 0 spiro atoms. The molecule has 2 saturated heterocycles. The molecule has 0 bridgehead atoms. The summed E-state index contributed by atoms with van der Waals surface area (Å²) in [4.78, 5) is 17.1. The smallest absolute Gasteiger partial charge is 0.238 e. The van der Waals surface area contributed by atoms with Crippen molar-refractivity contribution >= 4 is 11.6 Å². The molecule has 0 aromatic heterocycles. The van der Waals surface area contributed by atoms with Crippen LogP contribution in [0.5, 0.6) is 5.75 Å². The number of nitrogens with zero attached hydrogens (tertiary/aromatic N) is 2. The molecular weight excluding hydrogens is 366 g/mol. The molecule has 2 aromatic rings. The van der Waals surface area contributed by atoms with Crippen LogP contribution in [0, 0.1) is 0 Å². The van der Waals surface area contributed by atoms with E-state index >= 15 is 0 Å². The average molecular weight is 396 g/mol. The fourth-order valence-electron chi connectivity index (χ4n) is 3.88. The minimum absolute atomic E-state index is 0.0283. The Balaban J connectivity index is 1.18. The molecule has 154 valence electrons. The average Bonchev–Trinajstić information content (AvgIpc) is 3.29. The summed E-state index contributed by atoms with van der Waals surface area (Å²) in [6.07, 6.45) is 1.13. The van der Waals surface area contributed by atoms with Crippen molar-refractivity contribution in [1.82, 2.24) is 9.80 Å². The van der Waals surface area contributed by atoms with Crippen LogP contribution in [-0.2, 0) is 16.1 Å².